The number of oxazole rings is 1. The molecule has 3 heteroatoms. The van der Waals surface area contributed by atoms with E-state index in [0.717, 1.165) is 11.5 Å². The molecule has 0 aliphatic heterocycles. The lowest BCUT2D eigenvalue weighted by atomic mass is 9.82. The predicted molar refractivity (Wildman–Crippen MR) is 61.3 cm³/mol. The molecular weight excluding hydrogens is 190 g/mol. The van der Waals surface area contributed by atoms with E-state index < -0.39 is 0 Å². The van der Waals surface area contributed by atoms with Crippen molar-refractivity contribution >= 4 is 0 Å². The van der Waals surface area contributed by atoms with Crippen molar-refractivity contribution in [2.24, 2.45) is 7.05 Å². The Morgan fingerprint density at radius 2 is 1.47 bits per heavy atom. The van der Waals surface area contributed by atoms with Gasteiger partial charge in [-0.05, 0) is 0 Å². The molecular formula is C12H21NO2. The molecule has 1 rings (SSSR count). The van der Waals surface area contributed by atoms with Crippen LogP contribution in [0.1, 0.15) is 53.0 Å². The Balaban J connectivity index is 3.56. The minimum atomic E-state index is -0.273. The van der Waals surface area contributed by atoms with Gasteiger partial charge in [-0.25, -0.2) is 4.79 Å². The van der Waals surface area contributed by atoms with Crippen LogP contribution < -0.4 is 5.76 Å². The van der Waals surface area contributed by atoms with Crippen molar-refractivity contribution in [1.29, 1.82) is 0 Å². The van der Waals surface area contributed by atoms with Gasteiger partial charge in [0.05, 0.1) is 5.69 Å². The molecule has 0 amide bonds. The zero-order valence-corrected chi connectivity index (χ0v) is 10.8. The predicted octanol–water partition coefficient (Wildman–Crippen LogP) is 2.57. The Bertz CT molecular complexity index is 410. The van der Waals surface area contributed by atoms with Crippen molar-refractivity contribution in [3.05, 3.63) is 22.0 Å². The molecule has 0 fully saturated rings. The van der Waals surface area contributed by atoms with Crippen LogP contribution in [0.4, 0.5) is 0 Å². The lowest BCUT2D eigenvalue weighted by Gasteiger charge is -2.24. The molecule has 0 aromatic carbocycles. The number of nitrogens with zero attached hydrogens (tertiary/aromatic N) is 1. The van der Waals surface area contributed by atoms with Crippen molar-refractivity contribution in [3.63, 3.8) is 0 Å². The maximum absolute atomic E-state index is 11.6. The maximum Gasteiger partial charge on any atom is 0.419 e. The fraction of sp³-hybridized carbons (Fsp3) is 0.750. The monoisotopic (exact) mass is 211 g/mol. The van der Waals surface area contributed by atoms with Crippen molar-refractivity contribution in [3.8, 4) is 0 Å². The van der Waals surface area contributed by atoms with Crippen LogP contribution in [0.3, 0.4) is 0 Å². The van der Waals surface area contributed by atoms with E-state index in [4.69, 9.17) is 4.42 Å². The van der Waals surface area contributed by atoms with Crippen molar-refractivity contribution in [2.45, 2.75) is 52.4 Å². The lowest BCUT2D eigenvalue weighted by molar-refractivity contribution is 0.376. The molecule has 86 valence electrons. The van der Waals surface area contributed by atoms with Crippen LogP contribution in [0.2, 0.25) is 0 Å². The van der Waals surface area contributed by atoms with E-state index in [2.05, 4.69) is 41.5 Å². The van der Waals surface area contributed by atoms with E-state index in [0.29, 0.717) is 0 Å². The third-order valence-corrected chi connectivity index (χ3v) is 2.41. The molecule has 0 atom stereocenters. The summed E-state index contributed by atoms with van der Waals surface area (Å²) in [5, 5.41) is 0. The van der Waals surface area contributed by atoms with Gasteiger partial charge in [-0.1, -0.05) is 41.5 Å². The highest BCUT2D eigenvalue weighted by molar-refractivity contribution is 5.24. The van der Waals surface area contributed by atoms with E-state index in [9.17, 15) is 4.79 Å². The lowest BCUT2D eigenvalue weighted by Crippen LogP contribution is -2.25. The highest BCUT2D eigenvalue weighted by Crippen LogP contribution is 2.32. The molecule has 0 spiro atoms. The molecule has 0 bridgehead atoms. The summed E-state index contributed by atoms with van der Waals surface area (Å²) in [6, 6.07) is 0. The minimum absolute atomic E-state index is 0.0798. The normalized spacial score (nSPS) is 13.3. The number of hydrogen-bond donors (Lipinski definition) is 0. The first-order chi connectivity index (χ1) is 6.55. The van der Waals surface area contributed by atoms with E-state index in [1.165, 1.54) is 0 Å². The number of aromatic nitrogens is 1. The van der Waals surface area contributed by atoms with E-state index in [1.807, 2.05) is 0 Å². The van der Waals surface area contributed by atoms with Gasteiger partial charge < -0.3 is 4.42 Å². The summed E-state index contributed by atoms with van der Waals surface area (Å²) in [5.74, 6) is 0.521. The highest BCUT2D eigenvalue weighted by atomic mass is 16.4. The second kappa shape index (κ2) is 3.26. The van der Waals surface area contributed by atoms with Gasteiger partial charge in [-0.3, -0.25) is 4.57 Å². The second-order valence-corrected chi connectivity index (χ2v) is 6.10. The summed E-state index contributed by atoms with van der Waals surface area (Å²) in [7, 11) is 1.77. The van der Waals surface area contributed by atoms with Gasteiger partial charge >= 0.3 is 5.76 Å². The highest BCUT2D eigenvalue weighted by Gasteiger charge is 2.32. The van der Waals surface area contributed by atoms with Crippen LogP contribution >= 0.6 is 0 Å². The molecule has 0 saturated heterocycles. The van der Waals surface area contributed by atoms with Gasteiger partial charge in [0.15, 0.2) is 0 Å². The largest absolute Gasteiger partial charge is 0.419 e. The van der Waals surface area contributed by atoms with Crippen LogP contribution in [0.15, 0.2) is 9.21 Å². The SMILES string of the molecule is Cn1c(C(C)(C)C)c(C(C)(C)C)oc1=O. The van der Waals surface area contributed by atoms with Crippen molar-refractivity contribution in [2.75, 3.05) is 0 Å². The Hall–Kier alpha value is -0.990. The zero-order chi connectivity index (χ0) is 12.0. The average molecular weight is 211 g/mol. The molecule has 0 N–H and O–H groups in total. The molecule has 0 saturated carbocycles. The van der Waals surface area contributed by atoms with Gasteiger partial charge in [-0.15, -0.1) is 0 Å². The van der Waals surface area contributed by atoms with Crippen molar-refractivity contribution < 1.29 is 4.42 Å². The Labute approximate surface area is 91.1 Å². The van der Waals surface area contributed by atoms with Gasteiger partial charge in [-0.2, -0.15) is 0 Å². The molecule has 0 aliphatic rings. The standard InChI is InChI=1S/C12H21NO2/c1-11(2,3)8-9(12(4,5)6)15-10(14)13(8)7/h1-7H3. The third-order valence-electron chi connectivity index (χ3n) is 2.41. The van der Waals surface area contributed by atoms with Crippen LogP contribution in [0, 0.1) is 0 Å². The van der Waals surface area contributed by atoms with Crippen LogP contribution in [-0.2, 0) is 17.9 Å². The molecule has 3 nitrogen and oxygen atoms in total. The van der Waals surface area contributed by atoms with E-state index in [-0.39, 0.29) is 16.6 Å². The smallest absolute Gasteiger partial charge is 0.412 e. The van der Waals surface area contributed by atoms with Crippen molar-refractivity contribution in [1.82, 2.24) is 4.57 Å². The average Bonchev–Trinajstić information content (AvgIpc) is 2.25. The number of hydrogen-bond acceptors (Lipinski definition) is 2. The minimum Gasteiger partial charge on any atom is -0.412 e. The molecule has 15 heavy (non-hydrogen) atoms. The third kappa shape index (κ3) is 2.16. The summed E-state index contributed by atoms with van der Waals surface area (Å²) in [6.45, 7) is 12.4. The molecule has 1 heterocycles. The fourth-order valence-electron chi connectivity index (χ4n) is 1.80. The first-order valence-electron chi connectivity index (χ1n) is 5.26. The van der Waals surface area contributed by atoms with Crippen LogP contribution in [0.25, 0.3) is 0 Å². The Morgan fingerprint density at radius 3 is 1.73 bits per heavy atom. The number of rotatable bonds is 0. The summed E-state index contributed by atoms with van der Waals surface area (Å²) in [6.07, 6.45) is 0. The first-order valence-corrected chi connectivity index (χ1v) is 5.26. The second-order valence-electron chi connectivity index (χ2n) is 6.10. The summed E-state index contributed by atoms with van der Waals surface area (Å²) in [5.41, 5.74) is 0.770. The summed E-state index contributed by atoms with van der Waals surface area (Å²) < 4.78 is 6.96. The molecule has 1 aromatic heterocycles. The van der Waals surface area contributed by atoms with Crippen LogP contribution in [0.5, 0.6) is 0 Å². The first kappa shape index (κ1) is 12.1. The molecule has 1 aromatic rings. The molecule has 0 unspecified atom stereocenters. The van der Waals surface area contributed by atoms with Gasteiger partial charge in [0.1, 0.15) is 5.76 Å². The van der Waals surface area contributed by atoms with Gasteiger partial charge in [0.25, 0.3) is 0 Å². The summed E-state index contributed by atoms with van der Waals surface area (Å²) in [4.78, 5) is 11.6. The Morgan fingerprint density at radius 1 is 1.00 bits per heavy atom. The quantitative estimate of drug-likeness (QED) is 0.661. The van der Waals surface area contributed by atoms with Crippen LogP contribution in [-0.4, -0.2) is 4.57 Å². The van der Waals surface area contributed by atoms with Gasteiger partial charge in [0.2, 0.25) is 0 Å². The molecule has 0 radical (unpaired) electrons. The zero-order valence-electron chi connectivity index (χ0n) is 10.8. The Kier molecular flexibility index (Phi) is 2.62. The van der Waals surface area contributed by atoms with E-state index in [1.54, 1.807) is 11.6 Å². The fourth-order valence-corrected chi connectivity index (χ4v) is 1.80. The summed E-state index contributed by atoms with van der Waals surface area (Å²) >= 11 is 0. The molecule has 0 aliphatic carbocycles. The van der Waals surface area contributed by atoms with Gasteiger partial charge in [0, 0.05) is 17.9 Å². The maximum atomic E-state index is 11.6. The van der Waals surface area contributed by atoms with E-state index >= 15 is 0 Å². The topological polar surface area (TPSA) is 35.1 Å².